The first-order chi connectivity index (χ1) is 13.2. The molecular formula is C19H20BrClFN5O2. The first-order valence-electron chi connectivity index (χ1n) is 8.61. The summed E-state index contributed by atoms with van der Waals surface area (Å²) in [5, 5.41) is 2.70. The summed E-state index contributed by atoms with van der Waals surface area (Å²) < 4.78 is 15.4. The fourth-order valence-electron chi connectivity index (χ4n) is 3.08. The van der Waals surface area contributed by atoms with E-state index in [1.54, 1.807) is 19.1 Å². The number of anilines is 1. The lowest BCUT2D eigenvalue weighted by Gasteiger charge is -2.37. The van der Waals surface area contributed by atoms with Gasteiger partial charge in [0.25, 0.3) is 11.8 Å². The molecule has 7 nitrogen and oxygen atoms in total. The van der Waals surface area contributed by atoms with Gasteiger partial charge in [0.2, 0.25) is 0 Å². The number of aromatic nitrogens is 1. The van der Waals surface area contributed by atoms with E-state index < -0.39 is 17.3 Å². The van der Waals surface area contributed by atoms with Crippen molar-refractivity contribution in [2.45, 2.75) is 19.4 Å². The highest BCUT2D eigenvalue weighted by Gasteiger charge is 2.38. The Labute approximate surface area is 182 Å². The number of likely N-dealkylation sites (N-methyl/N-ethyl adjacent to an activating group) is 1. The first-order valence-corrected chi connectivity index (χ1v) is 9.40. The van der Waals surface area contributed by atoms with E-state index in [1.165, 1.54) is 29.3 Å². The molecular weight excluding hydrogens is 465 g/mol. The number of halogens is 3. The van der Waals surface area contributed by atoms with E-state index in [2.05, 4.69) is 31.2 Å². The highest BCUT2D eigenvalue weighted by atomic mass is 79.9. The number of aliphatic imine (C=N–C) groups is 1. The third-order valence-electron chi connectivity index (χ3n) is 4.52. The summed E-state index contributed by atoms with van der Waals surface area (Å²) in [5.74, 6) is -1.45. The summed E-state index contributed by atoms with van der Waals surface area (Å²) in [4.78, 5) is 34.3. The summed E-state index contributed by atoms with van der Waals surface area (Å²) in [5.41, 5.74) is 5.56. The highest BCUT2D eigenvalue weighted by molar-refractivity contribution is 9.10. The van der Waals surface area contributed by atoms with Crippen molar-refractivity contribution in [1.29, 1.82) is 0 Å². The smallest absolute Gasteiger partial charge is 0.288 e. The van der Waals surface area contributed by atoms with Crippen molar-refractivity contribution in [1.82, 2.24) is 9.88 Å². The van der Waals surface area contributed by atoms with Crippen LogP contribution in [0.5, 0.6) is 0 Å². The molecule has 0 fully saturated rings. The monoisotopic (exact) mass is 483 g/mol. The Bertz CT molecular complexity index is 970. The molecule has 3 rings (SSSR count). The van der Waals surface area contributed by atoms with Crippen LogP contribution in [0.25, 0.3) is 0 Å². The number of hydrogen-bond donors (Lipinski definition) is 2. The van der Waals surface area contributed by atoms with E-state index in [1.807, 2.05) is 6.92 Å². The van der Waals surface area contributed by atoms with E-state index in [0.717, 1.165) is 4.47 Å². The summed E-state index contributed by atoms with van der Waals surface area (Å²) in [6.45, 7) is 4.13. The van der Waals surface area contributed by atoms with Gasteiger partial charge in [0, 0.05) is 28.5 Å². The Balaban J connectivity index is 0.00000300. The predicted octanol–water partition coefficient (Wildman–Crippen LogP) is 3.09. The van der Waals surface area contributed by atoms with E-state index in [4.69, 9.17) is 5.73 Å². The number of nitrogens with one attached hydrogen (secondary N) is 1. The van der Waals surface area contributed by atoms with Crippen LogP contribution in [-0.4, -0.2) is 40.6 Å². The first kappa shape index (κ1) is 22.8. The van der Waals surface area contributed by atoms with E-state index in [9.17, 15) is 14.0 Å². The van der Waals surface area contributed by atoms with Gasteiger partial charge in [-0.25, -0.2) is 9.37 Å². The van der Waals surface area contributed by atoms with Crippen molar-refractivity contribution in [3.8, 4) is 0 Å². The number of amidine groups is 1. The van der Waals surface area contributed by atoms with Gasteiger partial charge in [0.1, 0.15) is 17.1 Å². The summed E-state index contributed by atoms with van der Waals surface area (Å²) in [7, 11) is 0. The molecule has 0 radical (unpaired) electrons. The number of benzene rings is 1. The second-order valence-electron chi connectivity index (χ2n) is 6.60. The van der Waals surface area contributed by atoms with Crippen LogP contribution in [0.2, 0.25) is 0 Å². The van der Waals surface area contributed by atoms with Crippen LogP contribution in [0.3, 0.4) is 0 Å². The number of hydrogen-bond acceptors (Lipinski definition) is 5. The van der Waals surface area contributed by atoms with Gasteiger partial charge in [-0.1, -0.05) is 0 Å². The Morgan fingerprint density at radius 3 is 2.72 bits per heavy atom. The zero-order chi connectivity index (χ0) is 20.5. The largest absolute Gasteiger partial charge is 0.379 e. The summed E-state index contributed by atoms with van der Waals surface area (Å²) >= 11 is 3.26. The van der Waals surface area contributed by atoms with E-state index in [-0.39, 0.29) is 42.0 Å². The molecule has 0 bridgehead atoms. The average Bonchev–Trinajstić information content (AvgIpc) is 2.66. The van der Waals surface area contributed by atoms with Crippen LogP contribution in [-0.2, 0) is 10.3 Å². The minimum atomic E-state index is -1.06. The van der Waals surface area contributed by atoms with Gasteiger partial charge >= 0.3 is 0 Å². The van der Waals surface area contributed by atoms with Crippen LogP contribution in [0, 0.1) is 5.82 Å². The van der Waals surface area contributed by atoms with Crippen molar-refractivity contribution < 1.29 is 14.0 Å². The van der Waals surface area contributed by atoms with E-state index in [0.29, 0.717) is 12.2 Å². The zero-order valence-electron chi connectivity index (χ0n) is 15.8. The quantitative estimate of drug-likeness (QED) is 0.696. The van der Waals surface area contributed by atoms with Crippen molar-refractivity contribution >= 4 is 51.7 Å². The van der Waals surface area contributed by atoms with Crippen molar-refractivity contribution in [2.24, 2.45) is 10.7 Å². The van der Waals surface area contributed by atoms with Crippen molar-refractivity contribution in [3.63, 3.8) is 0 Å². The Kier molecular flexibility index (Phi) is 6.97. The Morgan fingerprint density at radius 1 is 1.38 bits per heavy atom. The molecule has 0 aliphatic carbocycles. The van der Waals surface area contributed by atoms with Crippen molar-refractivity contribution in [2.75, 3.05) is 18.4 Å². The van der Waals surface area contributed by atoms with Crippen LogP contribution in [0.4, 0.5) is 10.1 Å². The molecule has 2 aromatic rings. The van der Waals surface area contributed by atoms with Crippen molar-refractivity contribution in [3.05, 3.63) is 58.1 Å². The molecule has 1 aliphatic rings. The average molecular weight is 485 g/mol. The standard InChI is InChI=1S/C19H19BrFN5O2.ClH/c1-3-26-10-19(2,25-16(22)18(26)28)13-8-12(5-6-14(13)21)24-17(27)15-7-4-11(20)9-23-15;/h4-9H,3,10H2,1-2H3,(H2,22,25)(H,24,27);1H. The maximum atomic E-state index is 14.6. The molecule has 29 heavy (non-hydrogen) atoms. The fraction of sp³-hybridized carbons (Fsp3) is 0.263. The molecule has 1 atom stereocenters. The highest BCUT2D eigenvalue weighted by Crippen LogP contribution is 2.33. The predicted molar refractivity (Wildman–Crippen MR) is 115 cm³/mol. The molecule has 3 N–H and O–H groups in total. The Hall–Kier alpha value is -2.52. The van der Waals surface area contributed by atoms with Gasteiger partial charge in [0.05, 0.1) is 6.54 Å². The lowest BCUT2D eigenvalue weighted by atomic mass is 9.89. The number of nitrogens with two attached hydrogens (primary N) is 1. The molecule has 1 aromatic carbocycles. The van der Waals surface area contributed by atoms with Crippen LogP contribution in [0.15, 0.2) is 46.0 Å². The second kappa shape index (κ2) is 8.87. The van der Waals surface area contributed by atoms with Crippen LogP contribution < -0.4 is 11.1 Å². The molecule has 0 saturated heterocycles. The normalized spacial score (nSPS) is 18.7. The van der Waals surface area contributed by atoms with Gasteiger partial charge in [-0.2, -0.15) is 0 Å². The number of carbonyl (C=O) groups excluding carboxylic acids is 2. The Morgan fingerprint density at radius 2 is 2.10 bits per heavy atom. The second-order valence-corrected chi connectivity index (χ2v) is 7.52. The van der Waals surface area contributed by atoms with Gasteiger partial charge < -0.3 is 16.0 Å². The third-order valence-corrected chi connectivity index (χ3v) is 4.99. The number of nitrogens with zero attached hydrogens (tertiary/aromatic N) is 3. The number of carbonyl (C=O) groups is 2. The maximum Gasteiger partial charge on any atom is 0.288 e. The topological polar surface area (TPSA) is 101 Å². The lowest BCUT2D eigenvalue weighted by Crippen LogP contribution is -2.52. The van der Waals surface area contributed by atoms with Gasteiger partial charge in [-0.15, -0.1) is 12.4 Å². The number of amides is 2. The molecule has 2 heterocycles. The molecule has 1 aromatic heterocycles. The van der Waals surface area contributed by atoms with E-state index >= 15 is 0 Å². The molecule has 1 aliphatic heterocycles. The van der Waals surface area contributed by atoms with Crippen LogP contribution >= 0.6 is 28.3 Å². The maximum absolute atomic E-state index is 14.6. The fourth-order valence-corrected chi connectivity index (χ4v) is 3.31. The molecule has 1 unspecified atom stereocenters. The third kappa shape index (κ3) is 4.73. The van der Waals surface area contributed by atoms with Gasteiger partial charge in [-0.3, -0.25) is 14.6 Å². The summed E-state index contributed by atoms with van der Waals surface area (Å²) in [6, 6.07) is 7.49. The van der Waals surface area contributed by atoms with Crippen LogP contribution in [0.1, 0.15) is 29.9 Å². The number of pyridine rings is 1. The summed E-state index contributed by atoms with van der Waals surface area (Å²) in [6.07, 6.45) is 1.52. The zero-order valence-corrected chi connectivity index (χ0v) is 18.2. The van der Waals surface area contributed by atoms with Gasteiger partial charge in [0.15, 0.2) is 5.84 Å². The SMILES string of the molecule is CCN1CC(C)(c2cc(NC(=O)c3ccc(Br)cn3)ccc2F)N=C(N)C1=O.Cl. The molecule has 2 amide bonds. The lowest BCUT2D eigenvalue weighted by molar-refractivity contribution is -0.125. The minimum Gasteiger partial charge on any atom is -0.379 e. The minimum absolute atomic E-state index is 0. The molecule has 154 valence electrons. The molecule has 10 heteroatoms. The molecule has 0 saturated carbocycles. The van der Waals surface area contributed by atoms with Gasteiger partial charge in [-0.05, 0) is 60.1 Å². The number of rotatable bonds is 4. The molecule has 0 spiro atoms.